The average molecular weight is 380 g/mol. The van der Waals surface area contributed by atoms with Gasteiger partial charge in [0.2, 0.25) is 11.8 Å². The minimum Gasteiger partial charge on any atom is -0.366 e. The van der Waals surface area contributed by atoms with Crippen LogP contribution in [-0.2, 0) is 11.3 Å². The molecule has 4 nitrogen and oxygen atoms in total. The molecular weight excluding hydrogens is 363 g/mol. The molecule has 0 atom stereocenters. The van der Waals surface area contributed by atoms with Crippen LogP contribution < -0.4 is 11.1 Å². The van der Waals surface area contributed by atoms with Gasteiger partial charge in [-0.1, -0.05) is 30.3 Å². The molecule has 0 saturated carbocycles. The van der Waals surface area contributed by atoms with Crippen LogP contribution in [0.1, 0.15) is 20.8 Å². The van der Waals surface area contributed by atoms with Crippen molar-refractivity contribution in [3.63, 3.8) is 0 Å². The molecule has 0 radical (unpaired) electrons. The molecule has 1 aromatic heterocycles. The van der Waals surface area contributed by atoms with Crippen LogP contribution in [0.2, 0.25) is 0 Å². The van der Waals surface area contributed by atoms with Crippen molar-refractivity contribution in [2.24, 2.45) is 5.73 Å². The Kier molecular flexibility index (Phi) is 5.78. The number of rotatable bonds is 6. The highest BCUT2D eigenvalue weighted by atomic mass is 32.1. The summed E-state index contributed by atoms with van der Waals surface area (Å²) < 4.78 is 13.8. The van der Waals surface area contributed by atoms with Crippen LogP contribution in [0.15, 0.2) is 66.7 Å². The zero-order valence-corrected chi connectivity index (χ0v) is 15.1. The molecule has 1 heterocycles. The summed E-state index contributed by atoms with van der Waals surface area (Å²) in [7, 11) is 0. The van der Waals surface area contributed by atoms with Gasteiger partial charge in [0, 0.05) is 33.5 Å². The van der Waals surface area contributed by atoms with Gasteiger partial charge in [-0.2, -0.15) is 0 Å². The molecule has 27 heavy (non-hydrogen) atoms. The molecule has 0 fully saturated rings. The van der Waals surface area contributed by atoms with Crippen molar-refractivity contribution >= 4 is 29.2 Å². The summed E-state index contributed by atoms with van der Waals surface area (Å²) >= 11 is 1.41. The van der Waals surface area contributed by atoms with Crippen molar-refractivity contribution in [3.05, 3.63) is 88.6 Å². The molecule has 3 aromatic rings. The summed E-state index contributed by atoms with van der Waals surface area (Å²) in [6.45, 7) is 0.340. The maximum atomic E-state index is 13.8. The standard InChI is InChI=1S/C21H17FN2O2S/c22-18-4-2-1-3-17(18)19-11-9-16(27-19)10-12-20(25)24-13-14-5-7-15(8-6-14)21(23)26/h1-12H,13H2,(H2,23,26)(H,24,25)/b12-10+. The zero-order valence-electron chi connectivity index (χ0n) is 14.3. The zero-order chi connectivity index (χ0) is 19.2. The normalized spacial score (nSPS) is 10.9. The van der Waals surface area contributed by atoms with Crippen molar-refractivity contribution < 1.29 is 14.0 Å². The third kappa shape index (κ3) is 4.89. The predicted octanol–water partition coefficient (Wildman–Crippen LogP) is 3.98. The summed E-state index contributed by atoms with van der Waals surface area (Å²) in [5.41, 5.74) is 7.02. The second kappa shape index (κ2) is 8.42. The van der Waals surface area contributed by atoms with Crippen LogP contribution in [0.4, 0.5) is 4.39 Å². The number of primary amides is 1. The smallest absolute Gasteiger partial charge is 0.248 e. The van der Waals surface area contributed by atoms with E-state index in [0.29, 0.717) is 17.7 Å². The molecule has 2 aromatic carbocycles. The van der Waals surface area contributed by atoms with E-state index in [9.17, 15) is 14.0 Å². The molecule has 0 aliphatic carbocycles. The number of nitrogens with one attached hydrogen (secondary N) is 1. The number of hydrogen-bond acceptors (Lipinski definition) is 3. The van der Waals surface area contributed by atoms with Gasteiger partial charge in [-0.3, -0.25) is 9.59 Å². The molecule has 0 saturated heterocycles. The molecule has 6 heteroatoms. The molecule has 0 aliphatic rings. The topological polar surface area (TPSA) is 72.2 Å². The van der Waals surface area contributed by atoms with E-state index >= 15 is 0 Å². The lowest BCUT2D eigenvalue weighted by Gasteiger charge is -2.03. The molecule has 3 rings (SSSR count). The summed E-state index contributed by atoms with van der Waals surface area (Å²) in [6.07, 6.45) is 3.13. The van der Waals surface area contributed by atoms with Gasteiger partial charge in [0.1, 0.15) is 5.82 Å². The van der Waals surface area contributed by atoms with Gasteiger partial charge >= 0.3 is 0 Å². The van der Waals surface area contributed by atoms with Crippen LogP contribution in [0.25, 0.3) is 16.5 Å². The van der Waals surface area contributed by atoms with E-state index in [-0.39, 0.29) is 11.7 Å². The molecule has 2 amide bonds. The van der Waals surface area contributed by atoms with E-state index in [1.807, 2.05) is 12.1 Å². The first kappa shape index (κ1) is 18.5. The Hall–Kier alpha value is -3.25. The first-order valence-corrected chi connectivity index (χ1v) is 9.04. The number of carbonyl (C=O) groups is 2. The van der Waals surface area contributed by atoms with Crippen LogP contribution in [-0.4, -0.2) is 11.8 Å². The van der Waals surface area contributed by atoms with Crippen LogP contribution in [0.5, 0.6) is 0 Å². The summed E-state index contributed by atoms with van der Waals surface area (Å²) in [4.78, 5) is 24.7. The highest BCUT2D eigenvalue weighted by Crippen LogP contribution is 2.30. The van der Waals surface area contributed by atoms with Gasteiger partial charge < -0.3 is 11.1 Å². The SMILES string of the molecule is NC(=O)c1ccc(CNC(=O)/C=C/c2ccc(-c3ccccc3F)s2)cc1. The second-order valence-corrected chi connectivity index (χ2v) is 6.91. The maximum absolute atomic E-state index is 13.8. The molecule has 0 unspecified atom stereocenters. The fourth-order valence-electron chi connectivity index (χ4n) is 2.44. The Balaban J connectivity index is 1.57. The lowest BCUT2D eigenvalue weighted by atomic mass is 10.1. The van der Waals surface area contributed by atoms with E-state index in [0.717, 1.165) is 15.3 Å². The number of carbonyl (C=O) groups excluding carboxylic acids is 2. The van der Waals surface area contributed by atoms with Gasteiger partial charge in [-0.15, -0.1) is 11.3 Å². The Labute approximate surface area is 160 Å². The number of hydrogen-bond donors (Lipinski definition) is 2. The fraction of sp³-hybridized carbons (Fsp3) is 0.0476. The predicted molar refractivity (Wildman–Crippen MR) is 106 cm³/mol. The summed E-state index contributed by atoms with van der Waals surface area (Å²) in [5, 5.41) is 2.77. The minimum atomic E-state index is -0.487. The maximum Gasteiger partial charge on any atom is 0.248 e. The van der Waals surface area contributed by atoms with Crippen molar-refractivity contribution in [3.8, 4) is 10.4 Å². The van der Waals surface area contributed by atoms with E-state index < -0.39 is 5.91 Å². The highest BCUT2D eigenvalue weighted by molar-refractivity contribution is 7.16. The largest absolute Gasteiger partial charge is 0.366 e. The lowest BCUT2D eigenvalue weighted by molar-refractivity contribution is -0.116. The van der Waals surface area contributed by atoms with Crippen LogP contribution >= 0.6 is 11.3 Å². The molecule has 3 N–H and O–H groups in total. The van der Waals surface area contributed by atoms with E-state index in [4.69, 9.17) is 5.73 Å². The minimum absolute atomic E-state index is 0.241. The van der Waals surface area contributed by atoms with Crippen molar-refractivity contribution in [2.45, 2.75) is 6.54 Å². The summed E-state index contributed by atoms with van der Waals surface area (Å²) in [6, 6.07) is 17.0. The lowest BCUT2D eigenvalue weighted by Crippen LogP contribution is -2.20. The van der Waals surface area contributed by atoms with Gasteiger partial charge in [-0.25, -0.2) is 4.39 Å². The Bertz CT molecular complexity index is 993. The third-order valence-electron chi connectivity index (χ3n) is 3.87. The van der Waals surface area contributed by atoms with Gasteiger partial charge in [0.25, 0.3) is 0 Å². The van der Waals surface area contributed by atoms with Gasteiger partial charge in [-0.05, 0) is 42.0 Å². The van der Waals surface area contributed by atoms with Crippen molar-refractivity contribution in [2.75, 3.05) is 0 Å². The fourth-order valence-corrected chi connectivity index (χ4v) is 3.38. The second-order valence-electron chi connectivity index (χ2n) is 5.79. The van der Waals surface area contributed by atoms with Gasteiger partial charge in [0.15, 0.2) is 0 Å². The molecule has 0 aliphatic heterocycles. The molecule has 0 bridgehead atoms. The van der Waals surface area contributed by atoms with Crippen molar-refractivity contribution in [1.82, 2.24) is 5.32 Å². The number of nitrogens with two attached hydrogens (primary N) is 1. The van der Waals surface area contributed by atoms with Gasteiger partial charge in [0.05, 0.1) is 0 Å². The van der Waals surface area contributed by atoms with E-state index in [1.165, 1.54) is 23.5 Å². The Morgan fingerprint density at radius 3 is 2.48 bits per heavy atom. The molecular formula is C21H17FN2O2S. The van der Waals surface area contributed by atoms with Crippen LogP contribution in [0.3, 0.4) is 0 Å². The molecule has 0 spiro atoms. The number of benzene rings is 2. The number of amides is 2. The summed E-state index contributed by atoms with van der Waals surface area (Å²) in [5.74, 6) is -0.996. The average Bonchev–Trinajstić information content (AvgIpc) is 3.14. The Morgan fingerprint density at radius 2 is 1.78 bits per heavy atom. The monoisotopic (exact) mass is 380 g/mol. The van der Waals surface area contributed by atoms with E-state index in [2.05, 4.69) is 5.32 Å². The number of thiophene rings is 1. The quantitative estimate of drug-likeness (QED) is 0.635. The molecule has 136 valence electrons. The van der Waals surface area contributed by atoms with Crippen LogP contribution in [0, 0.1) is 5.82 Å². The van der Waals surface area contributed by atoms with Crippen molar-refractivity contribution in [1.29, 1.82) is 0 Å². The highest BCUT2D eigenvalue weighted by Gasteiger charge is 2.06. The third-order valence-corrected chi connectivity index (χ3v) is 4.95. The Morgan fingerprint density at radius 1 is 1.04 bits per heavy atom. The first-order chi connectivity index (χ1) is 13.0. The first-order valence-electron chi connectivity index (χ1n) is 8.22. The van der Waals surface area contributed by atoms with E-state index in [1.54, 1.807) is 48.5 Å². The number of halogens is 1.